The van der Waals surface area contributed by atoms with E-state index in [4.69, 9.17) is 23.7 Å². The Morgan fingerprint density at radius 2 is 1.12 bits per heavy atom. The lowest BCUT2D eigenvalue weighted by molar-refractivity contribution is -0.00525. The van der Waals surface area contributed by atoms with Crippen LogP contribution in [0.4, 0.5) is 0 Å². The van der Waals surface area contributed by atoms with Crippen LogP contribution in [0.15, 0.2) is 0 Å². The average Bonchev–Trinajstić information content (AvgIpc) is 2.35. The Hall–Kier alpha value is -0.530. The Labute approximate surface area is 102 Å². The Morgan fingerprint density at radius 1 is 0.706 bits per heavy atom. The number of hydrogen-bond acceptors (Lipinski definition) is 6. The summed E-state index contributed by atoms with van der Waals surface area (Å²) < 4.78 is 25.3. The second kappa shape index (κ2) is 15.5. The van der Waals surface area contributed by atoms with Crippen molar-refractivity contribution in [2.24, 2.45) is 0 Å². The van der Waals surface area contributed by atoms with Gasteiger partial charge in [0.05, 0.1) is 52.9 Å². The molecule has 0 N–H and O–H groups in total. The Bertz CT molecular complexity index is 153. The minimum atomic E-state index is -0.00132. The Balaban J connectivity index is 2.87. The molecule has 0 aromatic rings. The molecule has 0 fully saturated rings. The molecule has 17 heavy (non-hydrogen) atoms. The van der Waals surface area contributed by atoms with Crippen LogP contribution >= 0.6 is 0 Å². The molecule has 0 saturated carbocycles. The van der Waals surface area contributed by atoms with Crippen LogP contribution in [0.1, 0.15) is 0 Å². The van der Waals surface area contributed by atoms with Crippen LogP contribution in [0.25, 0.3) is 0 Å². The summed E-state index contributed by atoms with van der Waals surface area (Å²) in [5, 5.41) is 0. The molecule has 0 saturated heterocycles. The Morgan fingerprint density at radius 3 is 1.53 bits per heavy atom. The zero-order chi connectivity index (χ0) is 12.6. The quantitative estimate of drug-likeness (QED) is 0.398. The topological polar surface area (TPSA) is 63.2 Å². The zero-order valence-electron chi connectivity index (χ0n) is 10.3. The molecule has 0 heterocycles. The molecule has 0 aliphatic heterocycles. The van der Waals surface area contributed by atoms with Crippen molar-refractivity contribution in [3.8, 4) is 0 Å². The van der Waals surface area contributed by atoms with Crippen LogP contribution in [0.2, 0.25) is 0 Å². The predicted molar refractivity (Wildman–Crippen MR) is 60.8 cm³/mol. The molecule has 0 unspecified atom stereocenters. The van der Waals surface area contributed by atoms with Crippen molar-refractivity contribution in [3.05, 3.63) is 0 Å². The van der Waals surface area contributed by atoms with E-state index in [1.165, 1.54) is 0 Å². The summed E-state index contributed by atoms with van der Waals surface area (Å²) in [5.41, 5.74) is 0. The lowest BCUT2D eigenvalue weighted by Gasteiger charge is -2.06. The smallest absolute Gasteiger partial charge is 0.226 e. The first kappa shape index (κ1) is 16.5. The molecule has 0 aromatic heterocycles. The minimum Gasteiger partial charge on any atom is -0.382 e. The second-order valence-electron chi connectivity index (χ2n) is 3.03. The van der Waals surface area contributed by atoms with Crippen molar-refractivity contribution in [2.45, 2.75) is 0 Å². The van der Waals surface area contributed by atoms with E-state index in [2.05, 4.69) is 0 Å². The van der Waals surface area contributed by atoms with Gasteiger partial charge < -0.3 is 23.7 Å². The fraction of sp³-hybridized carbons (Fsp3) is 0.909. The standard InChI is InChI=1S/C11H21O6/c1-13-4-5-15-8-9-17-11-10-16-7-6-14-3-2-12/h3-11H2,1H3. The lowest BCUT2D eigenvalue weighted by atomic mass is 10.7. The minimum absolute atomic E-state index is 0.00132. The van der Waals surface area contributed by atoms with E-state index in [0.29, 0.717) is 52.9 Å². The van der Waals surface area contributed by atoms with Crippen LogP contribution in [-0.2, 0) is 28.5 Å². The molecule has 0 aromatic carbocycles. The third kappa shape index (κ3) is 15.5. The van der Waals surface area contributed by atoms with Crippen molar-refractivity contribution >= 4 is 6.29 Å². The van der Waals surface area contributed by atoms with E-state index < -0.39 is 0 Å². The maximum atomic E-state index is 9.78. The molecule has 0 aliphatic carbocycles. The highest BCUT2D eigenvalue weighted by atomic mass is 16.6. The first-order chi connectivity index (χ1) is 8.41. The van der Waals surface area contributed by atoms with E-state index >= 15 is 0 Å². The highest BCUT2D eigenvalue weighted by Gasteiger charge is 1.92. The van der Waals surface area contributed by atoms with Crippen LogP contribution in [0, 0.1) is 0 Å². The SMILES string of the molecule is COCCOCCOCCOCCOC[C]=O. The molecule has 6 heteroatoms. The third-order valence-electron chi connectivity index (χ3n) is 1.71. The number of carbonyl (C=O) groups excluding carboxylic acids is 1. The van der Waals surface area contributed by atoms with Crippen LogP contribution < -0.4 is 0 Å². The third-order valence-corrected chi connectivity index (χ3v) is 1.71. The number of hydrogen-bond donors (Lipinski definition) is 0. The number of methoxy groups -OCH3 is 1. The summed E-state index contributed by atoms with van der Waals surface area (Å²) in [7, 11) is 1.63. The van der Waals surface area contributed by atoms with E-state index in [0.717, 1.165) is 0 Å². The van der Waals surface area contributed by atoms with Crippen molar-refractivity contribution in [1.29, 1.82) is 0 Å². The van der Waals surface area contributed by atoms with E-state index in [9.17, 15) is 4.79 Å². The molecule has 6 nitrogen and oxygen atoms in total. The zero-order valence-corrected chi connectivity index (χ0v) is 10.3. The molecule has 1 radical (unpaired) electrons. The van der Waals surface area contributed by atoms with Gasteiger partial charge in [0, 0.05) is 7.11 Å². The fourth-order valence-corrected chi connectivity index (χ4v) is 0.916. The van der Waals surface area contributed by atoms with E-state index in [1.807, 2.05) is 0 Å². The lowest BCUT2D eigenvalue weighted by Crippen LogP contribution is -2.13. The maximum Gasteiger partial charge on any atom is 0.226 e. The molecule has 0 rings (SSSR count). The summed E-state index contributed by atoms with van der Waals surface area (Å²) in [6.07, 6.45) is 1.63. The molecular formula is C11H21O6. The molecule has 0 atom stereocenters. The summed E-state index contributed by atoms with van der Waals surface area (Å²) in [4.78, 5) is 9.78. The normalized spacial score (nSPS) is 10.6. The molecule has 0 aliphatic rings. The van der Waals surface area contributed by atoms with Gasteiger partial charge in [0.1, 0.15) is 6.61 Å². The van der Waals surface area contributed by atoms with Crippen molar-refractivity contribution < 1.29 is 28.5 Å². The largest absolute Gasteiger partial charge is 0.382 e. The van der Waals surface area contributed by atoms with Crippen LogP contribution in [0.3, 0.4) is 0 Å². The molecular weight excluding hydrogens is 228 g/mol. The highest BCUT2D eigenvalue weighted by molar-refractivity contribution is 5.51. The molecule has 0 amide bonds. The number of rotatable bonds is 14. The summed E-state index contributed by atoms with van der Waals surface area (Å²) >= 11 is 0. The predicted octanol–water partition coefficient (Wildman–Crippen LogP) is -0.191. The van der Waals surface area contributed by atoms with Crippen molar-refractivity contribution in [2.75, 3.05) is 66.6 Å². The van der Waals surface area contributed by atoms with Gasteiger partial charge in [-0.25, -0.2) is 0 Å². The van der Waals surface area contributed by atoms with Crippen molar-refractivity contribution in [3.63, 3.8) is 0 Å². The van der Waals surface area contributed by atoms with Crippen molar-refractivity contribution in [1.82, 2.24) is 0 Å². The highest BCUT2D eigenvalue weighted by Crippen LogP contribution is 1.82. The van der Waals surface area contributed by atoms with Gasteiger partial charge in [-0.2, -0.15) is 0 Å². The summed E-state index contributed by atoms with van der Waals surface area (Å²) in [6, 6.07) is 0. The van der Waals surface area contributed by atoms with Gasteiger partial charge in [0.25, 0.3) is 0 Å². The Kier molecular flexibility index (Phi) is 15.0. The van der Waals surface area contributed by atoms with Gasteiger partial charge in [0.15, 0.2) is 0 Å². The first-order valence-corrected chi connectivity index (χ1v) is 5.56. The summed E-state index contributed by atoms with van der Waals surface area (Å²) in [5.74, 6) is 0. The molecule has 0 bridgehead atoms. The van der Waals surface area contributed by atoms with E-state index in [1.54, 1.807) is 13.4 Å². The van der Waals surface area contributed by atoms with Gasteiger partial charge in [-0.05, 0) is 0 Å². The monoisotopic (exact) mass is 249 g/mol. The molecule has 101 valence electrons. The van der Waals surface area contributed by atoms with Gasteiger partial charge >= 0.3 is 0 Å². The molecule has 0 spiro atoms. The number of ether oxygens (including phenoxy) is 5. The van der Waals surface area contributed by atoms with Crippen LogP contribution in [0.5, 0.6) is 0 Å². The maximum absolute atomic E-state index is 9.78. The van der Waals surface area contributed by atoms with Gasteiger partial charge in [0.2, 0.25) is 6.29 Å². The van der Waals surface area contributed by atoms with E-state index in [-0.39, 0.29) is 6.61 Å². The van der Waals surface area contributed by atoms with Crippen LogP contribution in [-0.4, -0.2) is 72.9 Å². The van der Waals surface area contributed by atoms with Gasteiger partial charge in [-0.3, -0.25) is 4.79 Å². The second-order valence-corrected chi connectivity index (χ2v) is 3.03. The van der Waals surface area contributed by atoms with Gasteiger partial charge in [-0.15, -0.1) is 0 Å². The average molecular weight is 249 g/mol. The summed E-state index contributed by atoms with van der Waals surface area (Å²) in [6.45, 7) is 4.16. The van der Waals surface area contributed by atoms with Gasteiger partial charge in [-0.1, -0.05) is 0 Å². The fourth-order valence-electron chi connectivity index (χ4n) is 0.916. The first-order valence-electron chi connectivity index (χ1n) is 5.56.